The maximum absolute atomic E-state index is 11.6. The molecule has 0 spiro atoms. The minimum Gasteiger partial charge on any atom is -0.462 e. The lowest BCUT2D eigenvalue weighted by Gasteiger charge is -2.04. The molecular formula is C19H17N3O2. The third-order valence-corrected chi connectivity index (χ3v) is 3.58. The minimum atomic E-state index is -0.348. The summed E-state index contributed by atoms with van der Waals surface area (Å²) in [5.74, 6) is -0.348. The predicted octanol–water partition coefficient (Wildman–Crippen LogP) is 5.01. The molecule has 0 atom stereocenters. The number of nitrogens with two attached hydrogens (primary N) is 1. The summed E-state index contributed by atoms with van der Waals surface area (Å²) in [5.41, 5.74) is 8.37. The lowest BCUT2D eigenvalue weighted by Crippen LogP contribution is -2.03. The molecule has 0 aliphatic heterocycles. The topological polar surface area (TPSA) is 77.0 Å². The number of azo groups is 1. The van der Waals surface area contributed by atoms with E-state index in [1.807, 2.05) is 36.4 Å². The molecule has 24 heavy (non-hydrogen) atoms. The average Bonchev–Trinajstić information content (AvgIpc) is 2.61. The number of nitrogen functional groups attached to an aromatic ring is 1. The summed E-state index contributed by atoms with van der Waals surface area (Å²) >= 11 is 0. The molecule has 5 heteroatoms. The van der Waals surface area contributed by atoms with E-state index < -0.39 is 0 Å². The Morgan fingerprint density at radius 2 is 1.75 bits per heavy atom. The molecule has 0 aliphatic rings. The first-order valence-corrected chi connectivity index (χ1v) is 7.65. The van der Waals surface area contributed by atoms with E-state index in [1.54, 1.807) is 31.2 Å². The van der Waals surface area contributed by atoms with Crippen molar-refractivity contribution in [3.63, 3.8) is 0 Å². The molecule has 3 rings (SSSR count). The van der Waals surface area contributed by atoms with Crippen molar-refractivity contribution in [2.24, 2.45) is 10.2 Å². The van der Waals surface area contributed by atoms with Crippen LogP contribution in [0, 0.1) is 0 Å². The smallest absolute Gasteiger partial charge is 0.338 e. The van der Waals surface area contributed by atoms with E-state index in [9.17, 15) is 4.79 Å². The highest BCUT2D eigenvalue weighted by Crippen LogP contribution is 2.33. The van der Waals surface area contributed by atoms with Gasteiger partial charge in [-0.05, 0) is 42.6 Å². The quantitative estimate of drug-likeness (QED) is 0.417. The van der Waals surface area contributed by atoms with Crippen molar-refractivity contribution in [3.8, 4) is 0 Å². The Labute approximate surface area is 139 Å². The number of benzene rings is 3. The molecule has 5 nitrogen and oxygen atoms in total. The molecule has 0 heterocycles. The highest BCUT2D eigenvalue weighted by atomic mass is 16.5. The number of carbonyl (C=O) groups excluding carboxylic acids is 1. The molecule has 0 saturated carbocycles. The Morgan fingerprint density at radius 1 is 1.00 bits per heavy atom. The molecule has 0 unspecified atom stereocenters. The largest absolute Gasteiger partial charge is 0.462 e. The summed E-state index contributed by atoms with van der Waals surface area (Å²) in [5, 5.41) is 10.5. The van der Waals surface area contributed by atoms with Gasteiger partial charge < -0.3 is 10.5 Å². The SMILES string of the molecule is CCOC(=O)c1ccc(/N=N/c2c(N)ccc3ccccc23)cc1. The Balaban J connectivity index is 1.89. The number of ether oxygens (including phenoxy) is 1. The van der Waals surface area contributed by atoms with Gasteiger partial charge in [0.2, 0.25) is 0 Å². The van der Waals surface area contributed by atoms with Gasteiger partial charge in [-0.25, -0.2) is 4.79 Å². The van der Waals surface area contributed by atoms with Crippen molar-refractivity contribution in [3.05, 3.63) is 66.2 Å². The van der Waals surface area contributed by atoms with Crippen LogP contribution in [-0.2, 0) is 4.74 Å². The second-order valence-electron chi connectivity index (χ2n) is 5.19. The molecule has 2 N–H and O–H groups in total. The molecule has 3 aromatic rings. The van der Waals surface area contributed by atoms with E-state index in [2.05, 4.69) is 10.2 Å². The fraction of sp³-hybridized carbons (Fsp3) is 0.105. The van der Waals surface area contributed by atoms with Crippen LogP contribution >= 0.6 is 0 Å². The van der Waals surface area contributed by atoms with Crippen LogP contribution in [0.1, 0.15) is 17.3 Å². The van der Waals surface area contributed by atoms with Gasteiger partial charge in [-0.1, -0.05) is 30.3 Å². The first kappa shape index (κ1) is 15.7. The molecule has 0 bridgehead atoms. The van der Waals surface area contributed by atoms with E-state index in [0.29, 0.717) is 29.2 Å². The van der Waals surface area contributed by atoms with Crippen molar-refractivity contribution in [2.75, 3.05) is 12.3 Å². The molecular weight excluding hydrogens is 302 g/mol. The number of hydrogen-bond acceptors (Lipinski definition) is 5. The maximum atomic E-state index is 11.6. The van der Waals surface area contributed by atoms with Crippen LogP contribution in [0.5, 0.6) is 0 Å². The normalized spacial score (nSPS) is 11.0. The highest BCUT2D eigenvalue weighted by Gasteiger charge is 2.06. The summed E-state index contributed by atoms with van der Waals surface area (Å²) in [6.45, 7) is 2.12. The molecule has 3 aromatic carbocycles. The van der Waals surface area contributed by atoms with Crippen molar-refractivity contribution < 1.29 is 9.53 Å². The molecule has 0 fully saturated rings. The molecule has 120 valence electrons. The van der Waals surface area contributed by atoms with Crippen LogP contribution in [0.2, 0.25) is 0 Å². The number of anilines is 1. The number of esters is 1. The van der Waals surface area contributed by atoms with Gasteiger partial charge in [0.25, 0.3) is 0 Å². The Morgan fingerprint density at radius 3 is 2.50 bits per heavy atom. The van der Waals surface area contributed by atoms with Crippen LogP contribution in [0.25, 0.3) is 10.8 Å². The Bertz CT molecular complexity index is 902. The first-order chi connectivity index (χ1) is 11.7. The standard InChI is InChI=1S/C19H17N3O2/c1-2-24-19(23)14-7-10-15(11-8-14)21-22-18-16-6-4-3-5-13(16)9-12-17(18)20/h3-12H,2,20H2,1H3/b22-21+. The third kappa shape index (κ3) is 3.25. The zero-order valence-corrected chi connectivity index (χ0v) is 13.3. The second kappa shape index (κ2) is 6.91. The summed E-state index contributed by atoms with van der Waals surface area (Å²) in [6.07, 6.45) is 0. The van der Waals surface area contributed by atoms with Crippen molar-refractivity contribution in [1.29, 1.82) is 0 Å². The van der Waals surface area contributed by atoms with Crippen molar-refractivity contribution >= 4 is 33.8 Å². The van der Waals surface area contributed by atoms with E-state index in [1.165, 1.54) is 0 Å². The highest BCUT2D eigenvalue weighted by molar-refractivity contribution is 5.97. The molecule has 0 radical (unpaired) electrons. The van der Waals surface area contributed by atoms with E-state index >= 15 is 0 Å². The predicted molar refractivity (Wildman–Crippen MR) is 94.9 cm³/mol. The van der Waals surface area contributed by atoms with Gasteiger partial charge in [0, 0.05) is 5.39 Å². The summed E-state index contributed by atoms with van der Waals surface area (Å²) < 4.78 is 4.95. The maximum Gasteiger partial charge on any atom is 0.338 e. The van der Waals surface area contributed by atoms with E-state index in [-0.39, 0.29) is 5.97 Å². The van der Waals surface area contributed by atoms with Crippen LogP contribution in [0.4, 0.5) is 17.1 Å². The van der Waals surface area contributed by atoms with Gasteiger partial charge in [-0.15, -0.1) is 5.11 Å². The van der Waals surface area contributed by atoms with Gasteiger partial charge in [0.15, 0.2) is 0 Å². The van der Waals surface area contributed by atoms with Crippen molar-refractivity contribution in [2.45, 2.75) is 6.92 Å². The Hall–Kier alpha value is -3.21. The van der Waals surface area contributed by atoms with Crippen LogP contribution < -0.4 is 5.73 Å². The first-order valence-electron chi connectivity index (χ1n) is 7.65. The second-order valence-corrected chi connectivity index (χ2v) is 5.19. The van der Waals surface area contributed by atoms with E-state index in [0.717, 1.165) is 10.8 Å². The molecule has 0 amide bonds. The number of carbonyl (C=O) groups is 1. The number of nitrogens with zero attached hydrogens (tertiary/aromatic N) is 2. The van der Waals surface area contributed by atoms with Crippen molar-refractivity contribution in [1.82, 2.24) is 0 Å². The molecule has 0 aromatic heterocycles. The van der Waals surface area contributed by atoms with Gasteiger partial charge in [-0.2, -0.15) is 5.11 Å². The van der Waals surface area contributed by atoms with Gasteiger partial charge >= 0.3 is 5.97 Å². The third-order valence-electron chi connectivity index (χ3n) is 3.58. The average molecular weight is 319 g/mol. The summed E-state index contributed by atoms with van der Waals surface area (Å²) in [7, 11) is 0. The monoisotopic (exact) mass is 319 g/mol. The summed E-state index contributed by atoms with van der Waals surface area (Å²) in [6, 6.07) is 18.4. The zero-order chi connectivity index (χ0) is 16.9. The Kier molecular flexibility index (Phi) is 4.52. The minimum absolute atomic E-state index is 0.348. The van der Waals surface area contributed by atoms with Crippen LogP contribution in [-0.4, -0.2) is 12.6 Å². The number of rotatable bonds is 4. The zero-order valence-electron chi connectivity index (χ0n) is 13.3. The molecule has 0 aliphatic carbocycles. The van der Waals surface area contributed by atoms with E-state index in [4.69, 9.17) is 10.5 Å². The fourth-order valence-corrected chi connectivity index (χ4v) is 2.37. The van der Waals surface area contributed by atoms with Crippen LogP contribution in [0.15, 0.2) is 70.9 Å². The van der Waals surface area contributed by atoms with Gasteiger partial charge in [-0.3, -0.25) is 0 Å². The lowest BCUT2D eigenvalue weighted by molar-refractivity contribution is 0.0526. The fourth-order valence-electron chi connectivity index (χ4n) is 2.37. The van der Waals surface area contributed by atoms with Gasteiger partial charge in [0.05, 0.1) is 23.5 Å². The number of hydrogen-bond donors (Lipinski definition) is 1. The van der Waals surface area contributed by atoms with Gasteiger partial charge in [0.1, 0.15) is 5.69 Å². The summed E-state index contributed by atoms with van der Waals surface area (Å²) in [4.78, 5) is 11.6. The molecule has 0 saturated heterocycles. The number of fused-ring (bicyclic) bond motifs is 1. The van der Waals surface area contributed by atoms with Crippen LogP contribution in [0.3, 0.4) is 0 Å². The lowest BCUT2D eigenvalue weighted by atomic mass is 10.1.